The number of nitrogens with zero attached hydrogens (tertiary/aromatic N) is 1. The van der Waals surface area contributed by atoms with Gasteiger partial charge in [0.25, 0.3) is 0 Å². The molecule has 4 nitrogen and oxygen atoms in total. The van der Waals surface area contributed by atoms with Crippen molar-refractivity contribution in [2.45, 2.75) is 58.5 Å². The predicted octanol–water partition coefficient (Wildman–Crippen LogP) is 4.70. The number of hydrogen-bond acceptors (Lipinski definition) is 3. The Labute approximate surface area is 183 Å². The van der Waals surface area contributed by atoms with Crippen molar-refractivity contribution >= 4 is 23.6 Å². The van der Waals surface area contributed by atoms with Crippen LogP contribution in [0.5, 0.6) is 0 Å². The zero-order valence-electron chi connectivity index (χ0n) is 18.2. The number of aryl methyl sites for hydroxylation is 1. The van der Waals surface area contributed by atoms with Gasteiger partial charge in [-0.3, -0.25) is 9.59 Å². The fourth-order valence-electron chi connectivity index (χ4n) is 3.00. The molecule has 30 heavy (non-hydrogen) atoms. The van der Waals surface area contributed by atoms with Crippen molar-refractivity contribution in [1.29, 1.82) is 0 Å². The lowest BCUT2D eigenvalue weighted by molar-refractivity contribution is -0.139. The fraction of sp³-hybridized carbons (Fsp3) is 0.417. The van der Waals surface area contributed by atoms with Crippen LogP contribution < -0.4 is 5.32 Å². The van der Waals surface area contributed by atoms with E-state index in [2.05, 4.69) is 11.4 Å². The lowest BCUT2D eigenvalue weighted by Crippen LogP contribution is -2.50. The molecule has 6 heteroatoms. The Kier molecular flexibility index (Phi) is 9.37. The van der Waals surface area contributed by atoms with Crippen molar-refractivity contribution in [2.75, 3.05) is 5.75 Å². The van der Waals surface area contributed by atoms with Gasteiger partial charge in [0.2, 0.25) is 11.8 Å². The Morgan fingerprint density at radius 1 is 1.13 bits per heavy atom. The molecule has 2 amide bonds. The van der Waals surface area contributed by atoms with Crippen LogP contribution in [0.4, 0.5) is 4.39 Å². The molecule has 0 aliphatic rings. The van der Waals surface area contributed by atoms with Crippen molar-refractivity contribution < 1.29 is 14.0 Å². The summed E-state index contributed by atoms with van der Waals surface area (Å²) in [7, 11) is 0. The Morgan fingerprint density at radius 3 is 2.53 bits per heavy atom. The van der Waals surface area contributed by atoms with Gasteiger partial charge in [-0.05, 0) is 38.8 Å². The highest BCUT2D eigenvalue weighted by Gasteiger charge is 2.27. The second-order valence-corrected chi connectivity index (χ2v) is 8.57. The molecule has 0 radical (unpaired) electrons. The summed E-state index contributed by atoms with van der Waals surface area (Å²) in [6.45, 7) is 7.70. The molecule has 2 rings (SSSR count). The predicted molar refractivity (Wildman–Crippen MR) is 122 cm³/mol. The van der Waals surface area contributed by atoms with E-state index in [1.54, 1.807) is 25.1 Å². The summed E-state index contributed by atoms with van der Waals surface area (Å²) in [5.74, 6) is 0.148. The van der Waals surface area contributed by atoms with Crippen molar-refractivity contribution in [3.63, 3.8) is 0 Å². The average Bonchev–Trinajstić information content (AvgIpc) is 2.72. The number of hydrogen-bond donors (Lipinski definition) is 1. The van der Waals surface area contributed by atoms with Crippen LogP contribution in [0.1, 0.15) is 43.9 Å². The minimum absolute atomic E-state index is 0.0149. The first-order valence-corrected chi connectivity index (χ1v) is 11.4. The van der Waals surface area contributed by atoms with E-state index in [1.165, 1.54) is 28.3 Å². The molecule has 2 aromatic carbocycles. The molecule has 0 saturated heterocycles. The average molecular weight is 431 g/mol. The molecular formula is C24H31FN2O2S. The topological polar surface area (TPSA) is 49.4 Å². The summed E-state index contributed by atoms with van der Waals surface area (Å²) in [6, 6.07) is 13.8. The Bertz CT molecular complexity index is 859. The normalized spacial score (nSPS) is 12.8. The summed E-state index contributed by atoms with van der Waals surface area (Å²) in [5.41, 5.74) is 2.73. The summed E-state index contributed by atoms with van der Waals surface area (Å²) >= 11 is 1.50. The third-order valence-corrected chi connectivity index (χ3v) is 6.03. The zero-order chi connectivity index (χ0) is 22.1. The SMILES string of the molecule is CC[C@@H](C)NC(=O)[C@@H](C)N(Cc1ccccc1F)C(=O)CSCc1cccc(C)c1. The first kappa shape index (κ1) is 23.9. The zero-order valence-corrected chi connectivity index (χ0v) is 19.0. The maximum atomic E-state index is 14.2. The number of carbonyl (C=O) groups excluding carboxylic acids is 2. The van der Waals surface area contributed by atoms with Crippen LogP contribution in [0.3, 0.4) is 0 Å². The Morgan fingerprint density at radius 2 is 1.87 bits per heavy atom. The maximum absolute atomic E-state index is 14.2. The van der Waals surface area contributed by atoms with E-state index in [1.807, 2.05) is 39.0 Å². The van der Waals surface area contributed by atoms with Crippen LogP contribution in [-0.2, 0) is 21.9 Å². The van der Waals surface area contributed by atoms with E-state index in [9.17, 15) is 14.0 Å². The molecule has 162 valence electrons. The van der Waals surface area contributed by atoms with Gasteiger partial charge in [0, 0.05) is 23.9 Å². The van der Waals surface area contributed by atoms with Crippen molar-refractivity contribution in [3.05, 3.63) is 71.0 Å². The van der Waals surface area contributed by atoms with E-state index in [0.717, 1.165) is 12.0 Å². The first-order valence-electron chi connectivity index (χ1n) is 10.3. The molecule has 0 unspecified atom stereocenters. The van der Waals surface area contributed by atoms with Gasteiger partial charge in [-0.25, -0.2) is 4.39 Å². The molecule has 0 spiro atoms. The van der Waals surface area contributed by atoms with Gasteiger partial charge < -0.3 is 10.2 Å². The summed E-state index contributed by atoms with van der Waals surface area (Å²) in [4.78, 5) is 27.2. The molecule has 1 N–H and O–H groups in total. The second kappa shape index (κ2) is 11.7. The van der Waals surface area contributed by atoms with Gasteiger partial charge in [-0.15, -0.1) is 11.8 Å². The Balaban J connectivity index is 2.09. The lowest BCUT2D eigenvalue weighted by Gasteiger charge is -2.29. The molecule has 0 aliphatic carbocycles. The summed E-state index contributed by atoms with van der Waals surface area (Å²) in [5, 5.41) is 2.92. The molecule has 2 atom stereocenters. The molecule has 0 fully saturated rings. The number of thioether (sulfide) groups is 1. The quantitative estimate of drug-likeness (QED) is 0.594. The van der Waals surface area contributed by atoms with Gasteiger partial charge in [-0.2, -0.15) is 0 Å². The third kappa shape index (κ3) is 7.17. The van der Waals surface area contributed by atoms with E-state index in [0.29, 0.717) is 11.3 Å². The highest BCUT2D eigenvalue weighted by molar-refractivity contribution is 7.99. The van der Waals surface area contributed by atoms with Gasteiger partial charge >= 0.3 is 0 Å². The van der Waals surface area contributed by atoms with E-state index in [4.69, 9.17) is 0 Å². The number of halogens is 1. The molecule has 2 aromatic rings. The number of carbonyl (C=O) groups is 2. The molecule has 0 heterocycles. The number of amides is 2. The van der Waals surface area contributed by atoms with Gasteiger partial charge in [0.15, 0.2) is 0 Å². The monoisotopic (exact) mass is 430 g/mol. The minimum atomic E-state index is -0.689. The standard InChI is InChI=1S/C24H31FN2O2S/c1-5-18(3)26-24(29)19(4)27(14-21-11-6-7-12-22(21)25)23(28)16-30-15-20-10-8-9-17(2)13-20/h6-13,18-19H,5,14-16H2,1-4H3,(H,26,29)/t18-,19-/m1/s1. The molecular weight excluding hydrogens is 399 g/mol. The maximum Gasteiger partial charge on any atom is 0.242 e. The number of rotatable bonds is 10. The summed E-state index contributed by atoms with van der Waals surface area (Å²) in [6.07, 6.45) is 0.798. The lowest BCUT2D eigenvalue weighted by atomic mass is 10.1. The summed E-state index contributed by atoms with van der Waals surface area (Å²) < 4.78 is 14.2. The third-order valence-electron chi connectivity index (χ3n) is 5.04. The van der Waals surface area contributed by atoms with Crippen molar-refractivity contribution in [3.8, 4) is 0 Å². The number of benzene rings is 2. The van der Waals surface area contributed by atoms with Gasteiger partial charge in [0.05, 0.1) is 5.75 Å². The van der Waals surface area contributed by atoms with Crippen LogP contribution in [0.25, 0.3) is 0 Å². The number of nitrogens with one attached hydrogen (secondary N) is 1. The molecule has 0 aliphatic heterocycles. The van der Waals surface area contributed by atoms with E-state index in [-0.39, 0.29) is 36.0 Å². The minimum Gasteiger partial charge on any atom is -0.352 e. The van der Waals surface area contributed by atoms with Crippen molar-refractivity contribution in [2.24, 2.45) is 0 Å². The van der Waals surface area contributed by atoms with Crippen LogP contribution in [0, 0.1) is 12.7 Å². The van der Waals surface area contributed by atoms with Crippen LogP contribution in [-0.4, -0.2) is 34.6 Å². The highest BCUT2D eigenvalue weighted by Crippen LogP contribution is 2.18. The Hall–Kier alpha value is -2.34. The molecule has 0 saturated carbocycles. The van der Waals surface area contributed by atoms with E-state index >= 15 is 0 Å². The van der Waals surface area contributed by atoms with Gasteiger partial charge in [-0.1, -0.05) is 55.0 Å². The fourth-order valence-corrected chi connectivity index (χ4v) is 3.86. The first-order chi connectivity index (χ1) is 14.3. The molecule has 0 aromatic heterocycles. The van der Waals surface area contributed by atoms with Crippen LogP contribution in [0.2, 0.25) is 0 Å². The van der Waals surface area contributed by atoms with Crippen LogP contribution in [0.15, 0.2) is 48.5 Å². The second-order valence-electron chi connectivity index (χ2n) is 7.59. The highest BCUT2D eigenvalue weighted by atomic mass is 32.2. The van der Waals surface area contributed by atoms with Crippen LogP contribution >= 0.6 is 11.8 Å². The van der Waals surface area contributed by atoms with Gasteiger partial charge in [0.1, 0.15) is 11.9 Å². The van der Waals surface area contributed by atoms with Crippen molar-refractivity contribution in [1.82, 2.24) is 10.2 Å². The van der Waals surface area contributed by atoms with E-state index < -0.39 is 6.04 Å². The molecule has 0 bridgehead atoms. The largest absolute Gasteiger partial charge is 0.352 e. The smallest absolute Gasteiger partial charge is 0.242 e.